The molecule has 182 valence electrons. The van der Waals surface area contributed by atoms with Gasteiger partial charge >= 0.3 is 5.97 Å². The largest absolute Gasteiger partial charge is 0.496 e. The topological polar surface area (TPSA) is 118 Å². The van der Waals surface area contributed by atoms with Crippen LogP contribution in [0.4, 0.5) is 5.69 Å². The van der Waals surface area contributed by atoms with E-state index in [4.69, 9.17) is 32.7 Å². The van der Waals surface area contributed by atoms with E-state index in [-0.39, 0.29) is 16.4 Å². The Hall–Kier alpha value is -2.71. The van der Waals surface area contributed by atoms with Gasteiger partial charge in [-0.15, -0.1) is 0 Å². The summed E-state index contributed by atoms with van der Waals surface area (Å²) in [6.45, 7) is 0. The first-order valence-electron chi connectivity index (χ1n) is 9.93. The van der Waals surface area contributed by atoms with Gasteiger partial charge in [0.25, 0.3) is 0 Å². The first-order chi connectivity index (χ1) is 16.7. The van der Waals surface area contributed by atoms with Crippen molar-refractivity contribution in [1.82, 2.24) is 5.32 Å². The van der Waals surface area contributed by atoms with Crippen LogP contribution in [0.1, 0.15) is 11.5 Å². The van der Waals surface area contributed by atoms with E-state index in [1.807, 2.05) is 0 Å². The average Bonchev–Trinajstić information content (AvgIpc) is 2.81. The van der Waals surface area contributed by atoms with Gasteiger partial charge in [0.15, 0.2) is 0 Å². The first-order valence-corrected chi connectivity index (χ1v) is 12.5. The minimum atomic E-state index is -1.29. The van der Waals surface area contributed by atoms with Gasteiger partial charge in [0.2, 0.25) is 11.8 Å². The van der Waals surface area contributed by atoms with Crippen molar-refractivity contribution in [3.63, 3.8) is 0 Å². The number of nitrogens with one attached hydrogen (secondary N) is 2. The van der Waals surface area contributed by atoms with Gasteiger partial charge in [-0.2, -0.15) is 5.26 Å². The molecule has 0 bridgehead atoms. The maximum atomic E-state index is 12.9. The van der Waals surface area contributed by atoms with Crippen LogP contribution in [-0.4, -0.2) is 37.8 Å². The first kappa shape index (κ1) is 26.9. The molecule has 1 heterocycles. The molecule has 0 radical (unpaired) electrons. The van der Waals surface area contributed by atoms with Crippen LogP contribution in [0.3, 0.4) is 0 Å². The lowest BCUT2D eigenvalue weighted by molar-refractivity contribution is -0.150. The van der Waals surface area contributed by atoms with Crippen molar-refractivity contribution < 1.29 is 23.9 Å². The highest BCUT2D eigenvalue weighted by molar-refractivity contribution is 9.10. The molecule has 0 saturated heterocycles. The Bertz CT molecular complexity index is 1240. The van der Waals surface area contributed by atoms with E-state index in [1.54, 1.807) is 18.2 Å². The zero-order valence-corrected chi connectivity index (χ0v) is 22.3. The maximum Gasteiger partial charge on any atom is 0.319 e. The highest BCUT2D eigenvalue weighted by atomic mass is 79.9. The smallest absolute Gasteiger partial charge is 0.319 e. The molecule has 12 heteroatoms. The summed E-state index contributed by atoms with van der Waals surface area (Å²) >= 11 is 16.3. The summed E-state index contributed by atoms with van der Waals surface area (Å²) in [5.41, 5.74) is 1.05. The van der Waals surface area contributed by atoms with Gasteiger partial charge in [0, 0.05) is 21.7 Å². The summed E-state index contributed by atoms with van der Waals surface area (Å²) in [7, 11) is 2.67. The Labute approximate surface area is 224 Å². The molecule has 0 spiro atoms. The molecule has 2 atom stereocenters. The number of halogens is 3. The van der Waals surface area contributed by atoms with Crippen LogP contribution in [0.2, 0.25) is 10.0 Å². The molecule has 2 aromatic rings. The lowest BCUT2D eigenvalue weighted by Crippen LogP contribution is -2.44. The summed E-state index contributed by atoms with van der Waals surface area (Å²) in [4.78, 5) is 38.0. The van der Waals surface area contributed by atoms with E-state index in [1.165, 1.54) is 32.4 Å². The van der Waals surface area contributed by atoms with E-state index < -0.39 is 29.6 Å². The molecule has 0 fully saturated rings. The standard InChI is InChI=1S/C23H18BrCl2N3O5S/c1-33-17-4-3-11(5-16(17)24)19-15(9-27)22(29-21(31)20(19)23(32)34-2)35-10-18(30)28-14-7-12(25)6-13(26)8-14/h3-8,19-20H,10H2,1-2H3,(H,28,30)(H,29,31)/t19-,20-/m1/s1. The number of ether oxygens (including phenoxy) is 2. The predicted octanol–water partition coefficient (Wildman–Crippen LogP) is 4.87. The lowest BCUT2D eigenvalue weighted by Gasteiger charge is -2.31. The van der Waals surface area contributed by atoms with Gasteiger partial charge in [-0.3, -0.25) is 14.4 Å². The fraction of sp³-hybridized carbons (Fsp3) is 0.217. The number of benzene rings is 2. The second-order valence-corrected chi connectivity index (χ2v) is 9.92. The normalized spacial score (nSPS) is 17.3. The maximum absolute atomic E-state index is 12.9. The minimum Gasteiger partial charge on any atom is -0.496 e. The molecule has 2 amide bonds. The number of rotatable bonds is 7. The van der Waals surface area contributed by atoms with Gasteiger partial charge in [-0.25, -0.2) is 0 Å². The summed E-state index contributed by atoms with van der Waals surface area (Å²) in [5, 5.41) is 16.1. The van der Waals surface area contributed by atoms with E-state index in [0.29, 0.717) is 31.5 Å². The monoisotopic (exact) mass is 597 g/mol. The Morgan fingerprint density at radius 3 is 2.46 bits per heavy atom. The van der Waals surface area contributed by atoms with Gasteiger partial charge in [-0.1, -0.05) is 41.0 Å². The minimum absolute atomic E-state index is 0.126. The van der Waals surface area contributed by atoms with Crippen molar-refractivity contribution in [2.24, 2.45) is 5.92 Å². The third-order valence-electron chi connectivity index (χ3n) is 5.01. The van der Waals surface area contributed by atoms with Crippen molar-refractivity contribution in [1.29, 1.82) is 5.26 Å². The summed E-state index contributed by atoms with van der Waals surface area (Å²) in [6.07, 6.45) is 0. The van der Waals surface area contributed by atoms with Crippen LogP contribution in [0.25, 0.3) is 0 Å². The molecule has 1 aliphatic heterocycles. The lowest BCUT2D eigenvalue weighted by atomic mass is 9.78. The molecule has 0 saturated carbocycles. The summed E-state index contributed by atoms with van der Waals surface area (Å²) in [5.74, 6) is -3.65. The molecule has 8 nitrogen and oxygen atoms in total. The van der Waals surface area contributed by atoms with Gasteiger partial charge in [0.1, 0.15) is 11.7 Å². The number of hydrogen-bond donors (Lipinski definition) is 2. The highest BCUT2D eigenvalue weighted by Crippen LogP contribution is 2.42. The number of anilines is 1. The number of nitrogens with zero attached hydrogens (tertiary/aromatic N) is 1. The number of carbonyl (C=O) groups is 3. The Kier molecular flexibility index (Phi) is 9.08. The zero-order valence-electron chi connectivity index (χ0n) is 18.4. The van der Waals surface area contributed by atoms with Crippen LogP contribution in [0.15, 0.2) is 51.5 Å². The van der Waals surface area contributed by atoms with Crippen LogP contribution >= 0.6 is 50.9 Å². The molecule has 35 heavy (non-hydrogen) atoms. The van der Waals surface area contributed by atoms with Crippen LogP contribution in [-0.2, 0) is 19.1 Å². The van der Waals surface area contributed by atoms with Gasteiger partial charge < -0.3 is 20.1 Å². The third-order valence-corrected chi connectivity index (χ3v) is 7.09. The van der Waals surface area contributed by atoms with Crippen molar-refractivity contribution in [3.8, 4) is 11.8 Å². The number of nitriles is 1. The molecule has 0 unspecified atom stereocenters. The Balaban J connectivity index is 1.92. The number of hydrogen-bond acceptors (Lipinski definition) is 7. The van der Waals surface area contributed by atoms with Gasteiger partial charge in [0.05, 0.1) is 41.1 Å². The van der Waals surface area contributed by atoms with Crippen molar-refractivity contribution in [2.75, 3.05) is 25.3 Å². The molecule has 2 aromatic carbocycles. The molecule has 0 aliphatic carbocycles. The highest BCUT2D eigenvalue weighted by Gasteiger charge is 2.44. The molecule has 2 N–H and O–H groups in total. The molecule has 3 rings (SSSR count). The summed E-state index contributed by atoms with van der Waals surface area (Å²) in [6, 6.07) is 11.7. The number of carbonyl (C=O) groups excluding carboxylic acids is 3. The number of esters is 1. The van der Waals surface area contributed by atoms with E-state index >= 15 is 0 Å². The van der Waals surface area contributed by atoms with Gasteiger partial charge in [-0.05, 0) is 51.8 Å². The van der Waals surface area contributed by atoms with Crippen molar-refractivity contribution >= 4 is 74.4 Å². The molecular formula is C23H18BrCl2N3O5S. The fourth-order valence-electron chi connectivity index (χ4n) is 3.52. The number of thioether (sulfide) groups is 1. The number of allylic oxidation sites excluding steroid dienone is 1. The van der Waals surface area contributed by atoms with Crippen LogP contribution in [0, 0.1) is 17.2 Å². The molecular weight excluding hydrogens is 581 g/mol. The fourth-order valence-corrected chi connectivity index (χ4v) is 5.45. The number of amides is 2. The van der Waals surface area contributed by atoms with Crippen LogP contribution in [0.5, 0.6) is 5.75 Å². The predicted molar refractivity (Wildman–Crippen MR) is 137 cm³/mol. The second kappa shape index (κ2) is 11.8. The second-order valence-electron chi connectivity index (χ2n) is 7.21. The number of methoxy groups -OCH3 is 2. The Morgan fingerprint density at radius 1 is 1.20 bits per heavy atom. The van der Waals surface area contributed by atoms with E-state index in [0.717, 1.165) is 11.8 Å². The van der Waals surface area contributed by atoms with E-state index in [9.17, 15) is 19.6 Å². The molecule has 1 aliphatic rings. The van der Waals surface area contributed by atoms with Crippen molar-refractivity contribution in [3.05, 3.63) is 67.1 Å². The third kappa shape index (κ3) is 6.30. The average molecular weight is 599 g/mol. The van der Waals surface area contributed by atoms with Crippen molar-refractivity contribution in [2.45, 2.75) is 5.92 Å². The van der Waals surface area contributed by atoms with Crippen LogP contribution < -0.4 is 15.4 Å². The van der Waals surface area contributed by atoms with E-state index in [2.05, 4.69) is 32.6 Å². The summed E-state index contributed by atoms with van der Waals surface area (Å²) < 4.78 is 10.7. The Morgan fingerprint density at radius 2 is 1.89 bits per heavy atom. The SMILES string of the molecule is COC(=O)[C@H]1C(=O)NC(SCC(=O)Nc2cc(Cl)cc(Cl)c2)=C(C#N)[C@H]1c1ccc(OC)c(Br)c1. The molecule has 0 aromatic heterocycles. The zero-order chi connectivity index (χ0) is 25.7. The quantitative estimate of drug-likeness (QED) is 0.345.